The Bertz CT molecular complexity index is 1700. The molecule has 0 bridgehead atoms. The van der Waals surface area contributed by atoms with Crippen LogP contribution in [0.25, 0.3) is 28.2 Å². The lowest BCUT2D eigenvalue weighted by Crippen LogP contribution is -2.28. The van der Waals surface area contributed by atoms with Crippen LogP contribution in [0.15, 0.2) is 67.5 Å². The average Bonchev–Trinajstić information content (AvgIpc) is 3.69. The Labute approximate surface area is 236 Å². The van der Waals surface area contributed by atoms with E-state index in [1.54, 1.807) is 52.2 Å². The van der Waals surface area contributed by atoms with Gasteiger partial charge in [-0.3, -0.25) is 9.88 Å². The molecule has 1 aliphatic rings. The van der Waals surface area contributed by atoms with Gasteiger partial charge < -0.3 is 9.47 Å². The molecule has 1 unspecified atom stereocenters. The van der Waals surface area contributed by atoms with Gasteiger partial charge in [-0.05, 0) is 41.4 Å². The van der Waals surface area contributed by atoms with Crippen molar-refractivity contribution in [3.8, 4) is 22.5 Å². The van der Waals surface area contributed by atoms with E-state index in [0.717, 1.165) is 11.6 Å². The Morgan fingerprint density at radius 2 is 2.02 bits per heavy atom. The number of fused-ring (bicyclic) bond motifs is 1. The predicted molar refractivity (Wildman–Crippen MR) is 152 cm³/mol. The minimum Gasteiger partial charge on any atom is -0.447 e. The van der Waals surface area contributed by atoms with Gasteiger partial charge in [0.2, 0.25) is 0 Å². The maximum Gasteiger partial charge on any atom is 0.416 e. The molecule has 0 saturated carbocycles. The Kier molecular flexibility index (Phi) is 7.05. The molecule has 11 nitrogen and oxygen atoms in total. The third-order valence-corrected chi connectivity index (χ3v) is 8.53. The topological polar surface area (TPSA) is 113 Å². The fourth-order valence-corrected chi connectivity index (χ4v) is 5.33. The third-order valence-electron chi connectivity index (χ3n) is 6.82. The highest BCUT2D eigenvalue weighted by Crippen LogP contribution is 2.34. The van der Waals surface area contributed by atoms with Crippen molar-refractivity contribution in [3.05, 3.63) is 78.9 Å². The third kappa shape index (κ3) is 5.58. The molecule has 41 heavy (non-hydrogen) atoms. The molecule has 0 spiro atoms. The van der Waals surface area contributed by atoms with E-state index in [-0.39, 0.29) is 30.8 Å². The summed E-state index contributed by atoms with van der Waals surface area (Å²) in [6, 6.07) is 10.9. The van der Waals surface area contributed by atoms with Gasteiger partial charge >= 0.3 is 6.09 Å². The Morgan fingerprint density at radius 3 is 2.80 bits per heavy atom. The molecule has 1 aliphatic heterocycles. The summed E-state index contributed by atoms with van der Waals surface area (Å²) in [4.78, 5) is 27.3. The van der Waals surface area contributed by atoms with Crippen LogP contribution >= 0.6 is 0 Å². The first-order valence-corrected chi connectivity index (χ1v) is 17.0. The van der Waals surface area contributed by atoms with Crippen molar-refractivity contribution in [2.75, 3.05) is 18.1 Å². The molecule has 0 radical (unpaired) electrons. The van der Waals surface area contributed by atoms with E-state index >= 15 is 4.39 Å². The number of halogens is 1. The van der Waals surface area contributed by atoms with E-state index in [2.05, 4.69) is 39.8 Å². The number of amides is 1. The van der Waals surface area contributed by atoms with Gasteiger partial charge in [-0.15, -0.1) is 5.10 Å². The van der Waals surface area contributed by atoms with Crippen molar-refractivity contribution in [1.29, 1.82) is 0 Å². The Hall–Kier alpha value is -4.49. The van der Waals surface area contributed by atoms with Gasteiger partial charge in [0.15, 0.2) is 11.5 Å². The fraction of sp³-hybridized carbons (Fsp3) is 0.286. The molecule has 0 N–H and O–H groups in total. The van der Waals surface area contributed by atoms with Crippen LogP contribution in [0.2, 0.25) is 25.7 Å². The van der Waals surface area contributed by atoms with Crippen LogP contribution in [0.3, 0.4) is 0 Å². The molecule has 1 aromatic carbocycles. The van der Waals surface area contributed by atoms with Crippen LogP contribution in [0.1, 0.15) is 11.6 Å². The molecule has 5 heterocycles. The molecule has 1 saturated heterocycles. The number of pyridine rings is 1. The molecule has 1 fully saturated rings. The standard InChI is InChI=1S/C28H29FN8O3Si/c1-41(2,3)12-11-39-18-35-17-31-26(34-35)21-7-6-19(13-23(21)29)22-15-32-36-10-8-25(33-27(22)36)37-24(16-40-28(37)38)20-5-4-9-30-14-20/h4-10,13-15,17,24H,11-12,16,18H2,1-3H3. The maximum atomic E-state index is 15.4. The van der Waals surface area contributed by atoms with E-state index < -0.39 is 20.0 Å². The molecule has 5 aromatic rings. The zero-order valence-corrected chi connectivity index (χ0v) is 23.9. The van der Waals surface area contributed by atoms with Gasteiger partial charge in [0.25, 0.3) is 0 Å². The summed E-state index contributed by atoms with van der Waals surface area (Å²) in [7, 11) is -1.18. The molecule has 4 aromatic heterocycles. The Morgan fingerprint density at radius 1 is 1.15 bits per heavy atom. The number of benzene rings is 1. The first-order chi connectivity index (χ1) is 19.8. The van der Waals surface area contributed by atoms with E-state index in [0.29, 0.717) is 29.2 Å². The van der Waals surface area contributed by atoms with Gasteiger partial charge in [-0.1, -0.05) is 31.8 Å². The number of cyclic esters (lactones) is 1. The van der Waals surface area contributed by atoms with Crippen LogP contribution in [0.5, 0.6) is 0 Å². The summed E-state index contributed by atoms with van der Waals surface area (Å²) in [6.45, 7) is 7.99. The lowest BCUT2D eigenvalue weighted by Gasteiger charge is -2.20. The highest BCUT2D eigenvalue weighted by atomic mass is 28.3. The quantitative estimate of drug-likeness (QED) is 0.175. The van der Waals surface area contributed by atoms with Crippen molar-refractivity contribution in [2.45, 2.75) is 38.5 Å². The van der Waals surface area contributed by atoms with Crippen LogP contribution in [0.4, 0.5) is 15.0 Å². The normalized spacial score (nSPS) is 15.6. The first kappa shape index (κ1) is 26.7. The van der Waals surface area contributed by atoms with Crippen molar-refractivity contribution >= 4 is 25.6 Å². The maximum absolute atomic E-state index is 15.4. The molecular formula is C28H29FN8O3Si. The van der Waals surface area contributed by atoms with Crippen LogP contribution in [-0.4, -0.2) is 61.7 Å². The highest BCUT2D eigenvalue weighted by molar-refractivity contribution is 6.76. The number of aromatic nitrogens is 7. The second-order valence-corrected chi connectivity index (χ2v) is 16.6. The number of hydrogen-bond donors (Lipinski definition) is 0. The van der Waals surface area contributed by atoms with E-state index in [9.17, 15) is 4.79 Å². The molecule has 1 amide bonds. The smallest absolute Gasteiger partial charge is 0.416 e. The zero-order valence-electron chi connectivity index (χ0n) is 22.9. The SMILES string of the molecule is C[Si](C)(C)CCOCn1cnc(-c2ccc(-c3cnn4ccc(N5C(=O)OCC5c5cccnc5)nc34)cc2F)n1. The minimum absolute atomic E-state index is 0.185. The summed E-state index contributed by atoms with van der Waals surface area (Å²) in [5.74, 6) is 0.196. The Balaban J connectivity index is 1.24. The first-order valence-electron chi connectivity index (χ1n) is 13.2. The average molecular weight is 573 g/mol. The number of nitrogens with zero attached hydrogens (tertiary/aromatic N) is 8. The number of rotatable bonds is 9. The number of carbonyl (C=O) groups excluding carboxylic acids is 1. The van der Waals surface area contributed by atoms with Gasteiger partial charge in [-0.2, -0.15) is 5.10 Å². The number of hydrogen-bond acceptors (Lipinski definition) is 8. The van der Waals surface area contributed by atoms with Crippen LogP contribution < -0.4 is 4.90 Å². The summed E-state index contributed by atoms with van der Waals surface area (Å²) in [5, 5.41) is 8.75. The second kappa shape index (κ2) is 10.8. The predicted octanol–water partition coefficient (Wildman–Crippen LogP) is 5.20. The number of carbonyl (C=O) groups is 1. The largest absolute Gasteiger partial charge is 0.447 e. The lowest BCUT2D eigenvalue weighted by molar-refractivity contribution is 0.0784. The second-order valence-electron chi connectivity index (χ2n) is 11.0. The van der Waals surface area contributed by atoms with Gasteiger partial charge in [0.1, 0.15) is 37.3 Å². The number of anilines is 1. The van der Waals surface area contributed by atoms with Crippen molar-refractivity contribution < 1.29 is 18.7 Å². The van der Waals surface area contributed by atoms with Gasteiger partial charge in [0, 0.05) is 38.8 Å². The molecule has 0 aliphatic carbocycles. The monoisotopic (exact) mass is 572 g/mol. The number of ether oxygens (including phenoxy) is 2. The molecule has 1 atom stereocenters. The van der Waals surface area contributed by atoms with Gasteiger partial charge in [0.05, 0.1) is 11.8 Å². The summed E-state index contributed by atoms with van der Waals surface area (Å²) >= 11 is 0. The summed E-state index contributed by atoms with van der Waals surface area (Å²) < 4.78 is 29.5. The van der Waals surface area contributed by atoms with E-state index in [4.69, 9.17) is 14.5 Å². The highest BCUT2D eigenvalue weighted by Gasteiger charge is 2.36. The van der Waals surface area contributed by atoms with Crippen LogP contribution in [-0.2, 0) is 16.2 Å². The zero-order chi connectivity index (χ0) is 28.6. The molecule has 210 valence electrons. The van der Waals surface area contributed by atoms with Crippen molar-refractivity contribution in [3.63, 3.8) is 0 Å². The lowest BCUT2D eigenvalue weighted by atomic mass is 10.1. The van der Waals surface area contributed by atoms with Crippen molar-refractivity contribution in [2.24, 2.45) is 0 Å². The fourth-order valence-electron chi connectivity index (χ4n) is 4.57. The minimum atomic E-state index is -1.18. The molecule has 6 rings (SSSR count). The summed E-state index contributed by atoms with van der Waals surface area (Å²) in [5.41, 5.74) is 2.77. The molecular weight excluding hydrogens is 543 g/mol. The van der Waals surface area contributed by atoms with E-state index in [1.165, 1.54) is 17.3 Å². The molecule has 13 heteroatoms. The summed E-state index contributed by atoms with van der Waals surface area (Å²) in [6.07, 6.45) is 7.74. The van der Waals surface area contributed by atoms with E-state index in [1.807, 2.05) is 12.1 Å². The van der Waals surface area contributed by atoms with Gasteiger partial charge in [-0.25, -0.2) is 28.4 Å². The van der Waals surface area contributed by atoms with Crippen molar-refractivity contribution in [1.82, 2.24) is 34.3 Å². The van der Waals surface area contributed by atoms with Crippen LogP contribution in [0, 0.1) is 5.82 Å².